The van der Waals surface area contributed by atoms with Gasteiger partial charge in [0.2, 0.25) is 0 Å². The first-order chi connectivity index (χ1) is 18.9. The molecule has 6 nitrogen and oxygen atoms in total. The number of phenolic OH excluding ortho intramolecular Hbond substituents is 2. The van der Waals surface area contributed by atoms with Crippen LogP contribution >= 0.6 is 0 Å². The molecule has 0 heterocycles. The van der Waals surface area contributed by atoms with Crippen LogP contribution in [0.25, 0.3) is 0 Å². The highest BCUT2D eigenvalue weighted by molar-refractivity contribution is 6.57. The van der Waals surface area contributed by atoms with E-state index in [2.05, 4.69) is 112 Å². The van der Waals surface area contributed by atoms with Crippen molar-refractivity contribution in [3.8, 4) is 11.5 Å². The zero-order valence-corrected chi connectivity index (χ0v) is 29.7. The number of nitrogens with zero attached hydrogens (tertiary/aromatic N) is 1. The largest absolute Gasteiger partial charge is 0.507 e. The number of aromatic hydroxyl groups is 2. The molecule has 42 heavy (non-hydrogen) atoms. The van der Waals surface area contributed by atoms with Gasteiger partial charge in [0.15, 0.2) is 0 Å². The van der Waals surface area contributed by atoms with Gasteiger partial charge in [-0.2, -0.15) is 0 Å². The van der Waals surface area contributed by atoms with Crippen molar-refractivity contribution in [2.75, 3.05) is 13.2 Å². The number of hydrogen-bond donors (Lipinski definition) is 4. The normalized spacial score (nSPS) is 13.7. The molecule has 7 heteroatoms. The first-order valence-corrected chi connectivity index (χ1v) is 17.4. The van der Waals surface area contributed by atoms with Gasteiger partial charge < -0.3 is 24.2 Å². The Labute approximate surface area is 257 Å². The monoisotopic (exact) mass is 601 g/mol. The summed E-state index contributed by atoms with van der Waals surface area (Å²) in [7, 11) is -3.74. The molecule has 0 aromatic heterocycles. The zero-order valence-electron chi connectivity index (χ0n) is 28.7. The fourth-order valence-electron chi connectivity index (χ4n) is 5.17. The number of phenols is 2. The Morgan fingerprint density at radius 3 is 1.33 bits per heavy atom. The minimum Gasteiger partial charge on any atom is -0.507 e. The quantitative estimate of drug-likeness (QED) is 0.209. The maximum atomic E-state index is 11.5. The molecule has 0 fully saturated rings. The SMILES string of the molecule is CCO[Si](O)(O)CCCN(Cc1cc(C(C)(C)C)cc(C(C)(C)C)c1O)Cc1cc(C(C)(C)C)cc(C(C)(C)C)c1O. The van der Waals surface area contributed by atoms with E-state index in [0.717, 1.165) is 33.4 Å². The lowest BCUT2D eigenvalue weighted by molar-refractivity contribution is 0.151. The minimum atomic E-state index is -3.74. The minimum absolute atomic E-state index is 0.106. The van der Waals surface area contributed by atoms with Crippen LogP contribution in [0.1, 0.15) is 130 Å². The molecule has 2 rings (SSSR count). The lowest BCUT2D eigenvalue weighted by Gasteiger charge is -2.31. The van der Waals surface area contributed by atoms with Crippen LogP contribution in [-0.2, 0) is 39.2 Å². The molecule has 0 saturated carbocycles. The highest BCUT2D eigenvalue weighted by Crippen LogP contribution is 2.40. The second-order valence-corrected chi connectivity index (χ2v) is 18.3. The van der Waals surface area contributed by atoms with Gasteiger partial charge in [0.05, 0.1) is 0 Å². The summed E-state index contributed by atoms with van der Waals surface area (Å²) in [6.45, 7) is 29.2. The zero-order chi connectivity index (χ0) is 32.5. The molecule has 2 aromatic rings. The van der Waals surface area contributed by atoms with E-state index >= 15 is 0 Å². The summed E-state index contributed by atoms with van der Waals surface area (Å²) in [6, 6.07) is 8.62. The first-order valence-electron chi connectivity index (χ1n) is 15.4. The van der Waals surface area contributed by atoms with Crippen molar-refractivity contribution in [1.82, 2.24) is 4.90 Å². The van der Waals surface area contributed by atoms with Crippen molar-refractivity contribution >= 4 is 8.80 Å². The number of rotatable bonds is 10. The third-order valence-electron chi connectivity index (χ3n) is 7.87. The molecule has 0 unspecified atom stereocenters. The number of benzene rings is 2. The van der Waals surface area contributed by atoms with Crippen LogP contribution in [0.5, 0.6) is 11.5 Å². The molecule has 0 aliphatic heterocycles. The van der Waals surface area contributed by atoms with E-state index in [0.29, 0.717) is 37.6 Å². The van der Waals surface area contributed by atoms with E-state index in [1.165, 1.54) is 0 Å². The van der Waals surface area contributed by atoms with E-state index in [1.807, 2.05) is 0 Å². The van der Waals surface area contributed by atoms with Gasteiger partial charge >= 0.3 is 8.80 Å². The number of hydrogen-bond acceptors (Lipinski definition) is 6. The first kappa shape index (κ1) is 36.3. The van der Waals surface area contributed by atoms with Gasteiger partial charge in [0.25, 0.3) is 0 Å². The Hall–Kier alpha value is -1.90. The topological polar surface area (TPSA) is 93.4 Å². The van der Waals surface area contributed by atoms with Crippen molar-refractivity contribution in [3.63, 3.8) is 0 Å². The molecular formula is C35H59NO5Si. The summed E-state index contributed by atoms with van der Waals surface area (Å²) in [5.74, 6) is 0.594. The van der Waals surface area contributed by atoms with Crippen LogP contribution in [0.4, 0.5) is 0 Å². The Bertz CT molecular complexity index is 1130. The Morgan fingerprint density at radius 2 is 1.02 bits per heavy atom. The summed E-state index contributed by atoms with van der Waals surface area (Å²) in [5, 5.41) is 23.1. The van der Waals surface area contributed by atoms with Gasteiger partial charge in [-0.25, -0.2) is 0 Å². The molecule has 4 N–H and O–H groups in total. The van der Waals surface area contributed by atoms with Gasteiger partial charge in [-0.05, 0) is 63.8 Å². The third kappa shape index (κ3) is 9.81. The van der Waals surface area contributed by atoms with E-state index in [-0.39, 0.29) is 34.3 Å². The molecule has 0 aliphatic carbocycles. The molecule has 0 aliphatic rings. The molecule has 0 radical (unpaired) electrons. The van der Waals surface area contributed by atoms with Crippen LogP contribution in [-0.4, -0.2) is 46.7 Å². The molecule has 0 bridgehead atoms. The Kier molecular flexibility index (Phi) is 11.2. The fraction of sp³-hybridized carbons (Fsp3) is 0.657. The molecule has 0 atom stereocenters. The highest BCUT2D eigenvalue weighted by atomic mass is 28.4. The van der Waals surface area contributed by atoms with Gasteiger partial charge in [0, 0.05) is 36.9 Å². The molecule has 0 amide bonds. The lowest BCUT2D eigenvalue weighted by atomic mass is 9.78. The predicted octanol–water partition coefficient (Wildman–Crippen LogP) is 7.64. The van der Waals surface area contributed by atoms with Crippen LogP contribution in [0.15, 0.2) is 24.3 Å². The van der Waals surface area contributed by atoms with E-state index in [9.17, 15) is 19.8 Å². The summed E-state index contributed by atoms with van der Waals surface area (Å²) < 4.78 is 5.25. The van der Waals surface area contributed by atoms with Crippen LogP contribution in [0.2, 0.25) is 6.04 Å². The van der Waals surface area contributed by atoms with Crippen molar-refractivity contribution in [1.29, 1.82) is 0 Å². The molecular weight excluding hydrogens is 542 g/mol. The van der Waals surface area contributed by atoms with Crippen molar-refractivity contribution < 1.29 is 24.2 Å². The standard InChI is InChI=1S/C35H59NO5Si/c1-14-41-42(39,40)17-15-16-36(22-24-18-26(32(2,3)4)20-28(30(24)37)34(8,9)10)23-25-19-27(33(5,6)7)21-29(31(25)38)35(11,12)13/h18-21,37-40H,14-17,22-23H2,1-13H3. The average molecular weight is 602 g/mol. The van der Waals surface area contributed by atoms with E-state index in [1.54, 1.807) is 6.92 Å². The third-order valence-corrected chi connectivity index (χ3v) is 9.62. The summed E-state index contributed by atoms with van der Waals surface area (Å²) in [6.07, 6.45) is 0.511. The van der Waals surface area contributed by atoms with Gasteiger partial charge in [0.1, 0.15) is 11.5 Å². The van der Waals surface area contributed by atoms with Crippen molar-refractivity contribution in [2.45, 2.75) is 137 Å². The highest BCUT2D eigenvalue weighted by Gasteiger charge is 2.32. The van der Waals surface area contributed by atoms with Gasteiger partial charge in [-0.1, -0.05) is 107 Å². The predicted molar refractivity (Wildman–Crippen MR) is 176 cm³/mol. The lowest BCUT2D eigenvalue weighted by Crippen LogP contribution is -2.39. The average Bonchev–Trinajstić information content (AvgIpc) is 2.78. The molecule has 0 spiro atoms. The van der Waals surface area contributed by atoms with Crippen LogP contribution < -0.4 is 0 Å². The van der Waals surface area contributed by atoms with Crippen LogP contribution in [0.3, 0.4) is 0 Å². The van der Waals surface area contributed by atoms with Crippen molar-refractivity contribution in [3.05, 3.63) is 57.6 Å². The molecule has 0 saturated heterocycles. The smallest absolute Gasteiger partial charge is 0.495 e. The molecule has 238 valence electrons. The fourth-order valence-corrected chi connectivity index (χ4v) is 6.40. The summed E-state index contributed by atoms with van der Waals surface area (Å²) in [5.41, 5.74) is 5.08. The Morgan fingerprint density at radius 1 is 0.643 bits per heavy atom. The van der Waals surface area contributed by atoms with E-state index in [4.69, 9.17) is 4.43 Å². The Balaban J connectivity index is 2.65. The second kappa shape index (κ2) is 13.0. The maximum absolute atomic E-state index is 11.5. The van der Waals surface area contributed by atoms with Crippen LogP contribution in [0, 0.1) is 0 Å². The van der Waals surface area contributed by atoms with Gasteiger partial charge in [-0.3, -0.25) is 4.90 Å². The van der Waals surface area contributed by atoms with E-state index < -0.39 is 8.80 Å². The molecule has 2 aromatic carbocycles. The second-order valence-electron chi connectivity index (χ2n) is 16.1. The summed E-state index contributed by atoms with van der Waals surface area (Å²) in [4.78, 5) is 22.9. The maximum Gasteiger partial charge on any atom is 0.495 e. The van der Waals surface area contributed by atoms with Crippen molar-refractivity contribution in [2.24, 2.45) is 0 Å². The van der Waals surface area contributed by atoms with Gasteiger partial charge in [-0.15, -0.1) is 0 Å². The summed E-state index contributed by atoms with van der Waals surface area (Å²) >= 11 is 0.